The van der Waals surface area contributed by atoms with Gasteiger partial charge >= 0.3 is 11.8 Å². The lowest BCUT2D eigenvalue weighted by Gasteiger charge is -2.47. The number of ketones is 1. The highest BCUT2D eigenvalue weighted by Crippen LogP contribution is 2.49. The van der Waals surface area contributed by atoms with Crippen molar-refractivity contribution in [2.24, 2.45) is 10.4 Å². The summed E-state index contributed by atoms with van der Waals surface area (Å²) in [5.41, 5.74) is -0.920. The van der Waals surface area contributed by atoms with Crippen LogP contribution in [0.5, 0.6) is 0 Å². The van der Waals surface area contributed by atoms with E-state index >= 15 is 0 Å². The molecule has 1 saturated carbocycles. The zero-order valence-electron chi connectivity index (χ0n) is 21.9. The summed E-state index contributed by atoms with van der Waals surface area (Å²) in [6, 6.07) is 2.66. The Hall–Kier alpha value is -3.67. The Morgan fingerprint density at radius 2 is 1.79 bits per heavy atom. The summed E-state index contributed by atoms with van der Waals surface area (Å²) in [6.45, 7) is 1.36. The van der Waals surface area contributed by atoms with Crippen molar-refractivity contribution in [2.75, 3.05) is 34.3 Å². The molecule has 5 rings (SSSR count). The van der Waals surface area contributed by atoms with E-state index in [0.717, 1.165) is 4.90 Å². The van der Waals surface area contributed by atoms with Gasteiger partial charge in [-0.2, -0.15) is 0 Å². The van der Waals surface area contributed by atoms with Gasteiger partial charge in [0.1, 0.15) is 17.2 Å². The number of hydrogen-bond acceptors (Lipinski definition) is 7. The van der Waals surface area contributed by atoms with Gasteiger partial charge in [-0.15, -0.1) is 0 Å². The van der Waals surface area contributed by atoms with E-state index < -0.39 is 46.4 Å². The lowest BCUT2D eigenvalue weighted by molar-refractivity contribution is -0.152. The fourth-order valence-corrected chi connectivity index (χ4v) is 5.53. The summed E-state index contributed by atoms with van der Waals surface area (Å²) >= 11 is 0. The quantitative estimate of drug-likeness (QED) is 0.399. The van der Waals surface area contributed by atoms with Gasteiger partial charge in [0.05, 0.1) is 6.61 Å². The Morgan fingerprint density at radius 3 is 2.37 bits per heavy atom. The molecule has 2 saturated heterocycles. The van der Waals surface area contributed by atoms with E-state index in [9.17, 15) is 33.5 Å². The average molecular weight is 530 g/mol. The highest BCUT2D eigenvalue weighted by Gasteiger charge is 2.59. The molecule has 1 atom stereocenters. The SMILES string of the molecule is Cc1cc(CNC(=O)C2N=C3N(CC4(CO)CCC3(N(C)C(=O)C(=O)N(C)C)CC4)C(=O)C2=O)ccc1F. The van der Waals surface area contributed by atoms with Crippen LogP contribution in [0.1, 0.15) is 36.8 Å². The second-order valence-electron chi connectivity index (χ2n) is 10.7. The number of amidine groups is 1. The van der Waals surface area contributed by atoms with Crippen molar-refractivity contribution in [3.05, 3.63) is 35.1 Å². The summed E-state index contributed by atoms with van der Waals surface area (Å²) < 4.78 is 13.6. The normalized spacial score (nSPS) is 26.3. The van der Waals surface area contributed by atoms with E-state index in [1.165, 1.54) is 43.1 Å². The minimum Gasteiger partial charge on any atom is -0.396 e. The van der Waals surface area contributed by atoms with Crippen molar-refractivity contribution in [1.29, 1.82) is 0 Å². The highest BCUT2D eigenvalue weighted by molar-refractivity contribution is 6.46. The second kappa shape index (κ2) is 9.90. The Labute approximate surface area is 219 Å². The third-order valence-electron chi connectivity index (χ3n) is 8.07. The molecule has 0 radical (unpaired) electrons. The Kier molecular flexibility index (Phi) is 7.13. The number of aliphatic hydroxyl groups excluding tert-OH is 1. The van der Waals surface area contributed by atoms with Crippen LogP contribution in [0.3, 0.4) is 0 Å². The van der Waals surface area contributed by atoms with E-state index in [4.69, 9.17) is 0 Å². The minimum absolute atomic E-state index is 0.0129. The number of likely N-dealkylation sites (N-methyl/N-ethyl adjacent to an activating group) is 2. The monoisotopic (exact) mass is 529 g/mol. The van der Waals surface area contributed by atoms with Crippen LogP contribution in [-0.4, -0.2) is 101 Å². The molecule has 1 aliphatic carbocycles. The number of rotatable bonds is 5. The molecule has 4 aliphatic rings. The first kappa shape index (κ1) is 27.4. The van der Waals surface area contributed by atoms with Crippen molar-refractivity contribution >= 4 is 35.2 Å². The zero-order valence-corrected chi connectivity index (χ0v) is 21.9. The molecule has 1 aromatic rings. The topological polar surface area (TPSA) is 140 Å². The number of fused-ring (bicyclic) bond motifs is 2. The fourth-order valence-electron chi connectivity index (χ4n) is 5.53. The maximum Gasteiger partial charge on any atom is 0.312 e. The summed E-state index contributed by atoms with van der Waals surface area (Å²) in [5.74, 6) is -4.66. The van der Waals surface area contributed by atoms with Gasteiger partial charge in [0.25, 0.3) is 17.6 Å². The largest absolute Gasteiger partial charge is 0.396 e. The van der Waals surface area contributed by atoms with Crippen molar-refractivity contribution in [2.45, 2.75) is 50.7 Å². The molecule has 3 heterocycles. The van der Waals surface area contributed by atoms with Crippen LogP contribution in [0.4, 0.5) is 4.39 Å². The van der Waals surface area contributed by atoms with Gasteiger partial charge in [-0.1, -0.05) is 12.1 Å². The van der Waals surface area contributed by atoms with E-state index in [2.05, 4.69) is 10.3 Å². The molecule has 11 nitrogen and oxygen atoms in total. The van der Waals surface area contributed by atoms with E-state index in [0.29, 0.717) is 24.0 Å². The molecule has 3 fully saturated rings. The van der Waals surface area contributed by atoms with Gasteiger partial charge in [-0.05, 0) is 49.8 Å². The molecule has 1 aromatic carbocycles. The maximum absolute atomic E-state index is 13.6. The number of nitrogens with zero attached hydrogens (tertiary/aromatic N) is 4. The number of carbonyl (C=O) groups is 5. The number of nitrogens with one attached hydrogen (secondary N) is 1. The summed E-state index contributed by atoms with van der Waals surface area (Å²) in [7, 11) is 4.35. The Morgan fingerprint density at radius 1 is 1.13 bits per heavy atom. The molecule has 38 heavy (non-hydrogen) atoms. The zero-order chi connectivity index (χ0) is 28.0. The van der Waals surface area contributed by atoms with Crippen LogP contribution in [0, 0.1) is 18.2 Å². The minimum atomic E-state index is -1.68. The smallest absolute Gasteiger partial charge is 0.312 e. The van der Waals surface area contributed by atoms with Gasteiger partial charge < -0.3 is 20.2 Å². The first-order chi connectivity index (χ1) is 17.9. The molecular weight excluding hydrogens is 497 g/mol. The summed E-state index contributed by atoms with van der Waals surface area (Å²) in [4.78, 5) is 73.2. The van der Waals surface area contributed by atoms with Crippen LogP contribution >= 0.6 is 0 Å². The predicted molar refractivity (Wildman–Crippen MR) is 133 cm³/mol. The molecule has 4 amide bonds. The number of halogens is 1. The molecule has 2 bridgehead atoms. The molecule has 3 aliphatic heterocycles. The molecule has 204 valence electrons. The summed E-state index contributed by atoms with van der Waals surface area (Å²) in [6.07, 6.45) is 1.43. The number of benzene rings is 1. The third-order valence-corrected chi connectivity index (χ3v) is 8.07. The Balaban J connectivity index is 1.71. The number of aliphatic imine (C=N–C) groups is 1. The number of hydrogen-bond donors (Lipinski definition) is 2. The number of aliphatic hydroxyl groups is 1. The second-order valence-corrected chi connectivity index (χ2v) is 10.7. The van der Waals surface area contributed by atoms with Crippen LogP contribution in [0.25, 0.3) is 0 Å². The lowest BCUT2D eigenvalue weighted by Crippen LogP contribution is -2.65. The van der Waals surface area contributed by atoms with Gasteiger partial charge in [-0.3, -0.25) is 28.9 Å². The van der Waals surface area contributed by atoms with Gasteiger partial charge in [0, 0.05) is 39.6 Å². The van der Waals surface area contributed by atoms with Crippen molar-refractivity contribution in [3.63, 3.8) is 0 Å². The number of aryl methyl sites for hydroxylation is 1. The van der Waals surface area contributed by atoms with Gasteiger partial charge in [0.15, 0.2) is 6.04 Å². The van der Waals surface area contributed by atoms with E-state index in [1.54, 1.807) is 13.0 Å². The van der Waals surface area contributed by atoms with Crippen LogP contribution < -0.4 is 5.32 Å². The lowest BCUT2D eigenvalue weighted by atomic mass is 9.68. The van der Waals surface area contributed by atoms with Crippen molar-refractivity contribution < 1.29 is 33.5 Å². The van der Waals surface area contributed by atoms with Gasteiger partial charge in [0.2, 0.25) is 0 Å². The average Bonchev–Trinajstić information content (AvgIpc) is 3.14. The molecule has 2 N–H and O–H groups in total. The molecule has 0 aromatic heterocycles. The third kappa shape index (κ3) is 4.46. The van der Waals surface area contributed by atoms with Gasteiger partial charge in [-0.25, -0.2) is 9.38 Å². The molecule has 1 unspecified atom stereocenters. The van der Waals surface area contributed by atoms with Crippen LogP contribution in [0.2, 0.25) is 0 Å². The summed E-state index contributed by atoms with van der Waals surface area (Å²) in [5, 5.41) is 12.8. The number of carbonyl (C=O) groups excluding carboxylic acids is 5. The van der Waals surface area contributed by atoms with E-state index in [1.807, 2.05) is 0 Å². The number of Topliss-reactive ketones (excluding diaryl/α,β-unsaturated/α-hetero) is 1. The van der Waals surface area contributed by atoms with Crippen molar-refractivity contribution in [1.82, 2.24) is 20.0 Å². The Bertz CT molecular complexity index is 1240. The standard InChI is InChI=1S/C26H32FN5O6/c1-15-11-16(5-6-17(15)27)12-28-20(35)18-19(34)21(36)32-13-25(14-33)7-9-26(10-8-25,24(32)29-18)31(4)23(38)22(37)30(2)3/h5-6,11,18,33H,7-10,12-14H2,1-4H3,(H,28,35). The molecule has 0 spiro atoms. The maximum atomic E-state index is 13.6. The fraction of sp³-hybridized carbons (Fsp3) is 0.538. The van der Waals surface area contributed by atoms with Crippen LogP contribution in [0.15, 0.2) is 23.2 Å². The van der Waals surface area contributed by atoms with E-state index in [-0.39, 0.29) is 44.2 Å². The molecular formula is C26H32FN5O6. The van der Waals surface area contributed by atoms with Crippen LogP contribution in [-0.2, 0) is 30.5 Å². The van der Waals surface area contributed by atoms with Crippen molar-refractivity contribution in [3.8, 4) is 0 Å². The first-order valence-corrected chi connectivity index (χ1v) is 12.4. The highest BCUT2D eigenvalue weighted by atomic mass is 19.1. The molecule has 12 heteroatoms. The predicted octanol–water partition coefficient (Wildman–Crippen LogP) is -0.220. The first-order valence-electron chi connectivity index (χ1n) is 12.4. The number of amides is 4.